The Hall–Kier alpha value is -3.11. The highest BCUT2D eigenvalue weighted by Crippen LogP contribution is 2.31. The van der Waals surface area contributed by atoms with E-state index >= 15 is 0 Å². The Morgan fingerprint density at radius 2 is 1.93 bits per heavy atom. The molecular formula is C18H19F4N3O4. The highest BCUT2D eigenvalue weighted by atomic mass is 19.4. The number of carbonyl (C=O) groups is 2. The van der Waals surface area contributed by atoms with Gasteiger partial charge >= 0.3 is 18.2 Å². The molecule has 0 saturated heterocycles. The Morgan fingerprint density at radius 1 is 1.31 bits per heavy atom. The van der Waals surface area contributed by atoms with Crippen LogP contribution < -0.4 is 4.74 Å². The summed E-state index contributed by atoms with van der Waals surface area (Å²) in [6.07, 6.45) is -1.33. The molecular weight excluding hydrogens is 398 g/mol. The van der Waals surface area contributed by atoms with E-state index in [9.17, 15) is 22.4 Å². The van der Waals surface area contributed by atoms with Crippen molar-refractivity contribution in [1.29, 1.82) is 0 Å². The predicted molar refractivity (Wildman–Crippen MR) is 92.8 cm³/mol. The van der Waals surface area contributed by atoms with Gasteiger partial charge in [-0.25, -0.2) is 19.0 Å². The first-order valence-electron chi connectivity index (χ1n) is 8.69. The van der Waals surface area contributed by atoms with E-state index in [4.69, 9.17) is 14.6 Å². The van der Waals surface area contributed by atoms with Gasteiger partial charge in [-0.1, -0.05) is 13.3 Å². The number of fused-ring (bicyclic) bond motifs is 1. The second-order valence-corrected chi connectivity index (χ2v) is 6.14. The van der Waals surface area contributed by atoms with Crippen molar-refractivity contribution in [2.24, 2.45) is 0 Å². The quantitative estimate of drug-likeness (QED) is 0.734. The number of carbonyl (C=O) groups excluding carboxylic acids is 1. The number of ether oxygens (including phenoxy) is 1. The van der Waals surface area contributed by atoms with Crippen molar-refractivity contribution >= 4 is 12.1 Å². The van der Waals surface area contributed by atoms with Gasteiger partial charge in [0.1, 0.15) is 11.6 Å². The van der Waals surface area contributed by atoms with Crippen LogP contribution in [0.3, 0.4) is 0 Å². The van der Waals surface area contributed by atoms with Crippen molar-refractivity contribution in [2.75, 3.05) is 6.54 Å². The zero-order valence-corrected chi connectivity index (χ0v) is 15.4. The van der Waals surface area contributed by atoms with Crippen LogP contribution in [0.1, 0.15) is 37.2 Å². The van der Waals surface area contributed by atoms with Gasteiger partial charge in [-0.15, -0.1) is 0 Å². The Balaban J connectivity index is 0.000000370. The SMILES string of the molecule is CCCC1c2nc[nH]c2CCN1C(=O)Oc1ccc(F)cc1.O=C(O)C(F)(F)F. The van der Waals surface area contributed by atoms with E-state index in [1.54, 1.807) is 11.2 Å². The van der Waals surface area contributed by atoms with Crippen LogP contribution in [-0.2, 0) is 11.2 Å². The molecule has 0 spiro atoms. The molecule has 1 aliphatic heterocycles. The smallest absolute Gasteiger partial charge is 0.475 e. The van der Waals surface area contributed by atoms with Crippen molar-refractivity contribution in [2.45, 2.75) is 38.4 Å². The molecule has 1 aromatic carbocycles. The third-order valence-corrected chi connectivity index (χ3v) is 4.10. The number of nitrogens with one attached hydrogen (secondary N) is 1. The molecule has 7 nitrogen and oxygen atoms in total. The number of nitrogens with zero attached hydrogens (tertiary/aromatic N) is 2. The lowest BCUT2D eigenvalue weighted by Gasteiger charge is -2.33. The van der Waals surface area contributed by atoms with Crippen LogP contribution in [0.5, 0.6) is 5.75 Å². The fourth-order valence-electron chi connectivity index (χ4n) is 2.80. The predicted octanol–water partition coefficient (Wildman–Crippen LogP) is 4.08. The highest BCUT2D eigenvalue weighted by molar-refractivity contribution is 5.73. The van der Waals surface area contributed by atoms with Gasteiger partial charge in [-0.2, -0.15) is 13.2 Å². The minimum absolute atomic E-state index is 0.0760. The molecule has 1 aliphatic rings. The summed E-state index contributed by atoms with van der Waals surface area (Å²) in [6, 6.07) is 5.37. The van der Waals surface area contributed by atoms with Crippen LogP contribution in [0.15, 0.2) is 30.6 Å². The second-order valence-electron chi connectivity index (χ2n) is 6.14. The van der Waals surface area contributed by atoms with E-state index in [1.165, 1.54) is 24.3 Å². The van der Waals surface area contributed by atoms with Crippen LogP contribution in [0.2, 0.25) is 0 Å². The van der Waals surface area contributed by atoms with Crippen LogP contribution in [0, 0.1) is 5.82 Å². The molecule has 2 N–H and O–H groups in total. The molecule has 2 aromatic rings. The number of hydrogen-bond donors (Lipinski definition) is 2. The second kappa shape index (κ2) is 9.39. The van der Waals surface area contributed by atoms with E-state index in [-0.39, 0.29) is 11.9 Å². The van der Waals surface area contributed by atoms with Crippen molar-refractivity contribution in [1.82, 2.24) is 14.9 Å². The number of benzene rings is 1. The first-order chi connectivity index (χ1) is 13.6. The molecule has 158 valence electrons. The Bertz CT molecular complexity index is 836. The molecule has 1 aromatic heterocycles. The van der Waals surface area contributed by atoms with Crippen molar-refractivity contribution < 1.29 is 37.0 Å². The molecule has 0 radical (unpaired) electrons. The highest BCUT2D eigenvalue weighted by Gasteiger charge is 2.38. The average molecular weight is 417 g/mol. The summed E-state index contributed by atoms with van der Waals surface area (Å²) in [4.78, 5) is 30.5. The Kier molecular flexibility index (Phi) is 7.18. The first kappa shape index (κ1) is 22.2. The molecule has 1 atom stereocenters. The van der Waals surface area contributed by atoms with E-state index in [1.807, 2.05) is 0 Å². The van der Waals surface area contributed by atoms with Crippen LogP contribution >= 0.6 is 0 Å². The fraction of sp³-hybridized carbons (Fsp3) is 0.389. The van der Waals surface area contributed by atoms with Crippen LogP contribution in [0.4, 0.5) is 22.4 Å². The minimum atomic E-state index is -5.08. The monoisotopic (exact) mass is 417 g/mol. The number of rotatable bonds is 3. The zero-order valence-electron chi connectivity index (χ0n) is 15.4. The standard InChI is InChI=1S/C16H18FN3O2.C2HF3O2/c1-2-3-14-15-13(18-10-19-15)8-9-20(14)16(21)22-12-6-4-11(17)5-7-12;3-2(4,5)1(6)7/h4-7,10,14H,2-3,8-9H2,1H3,(H,18,19);(H,6,7). The summed E-state index contributed by atoms with van der Waals surface area (Å²) in [5.41, 5.74) is 2.01. The maximum atomic E-state index is 12.9. The summed E-state index contributed by atoms with van der Waals surface area (Å²) in [5.74, 6) is -2.77. The molecule has 11 heteroatoms. The van der Waals surface area contributed by atoms with E-state index < -0.39 is 18.2 Å². The summed E-state index contributed by atoms with van der Waals surface area (Å²) in [6.45, 7) is 2.66. The van der Waals surface area contributed by atoms with Crippen molar-refractivity contribution in [3.8, 4) is 5.75 Å². The largest absolute Gasteiger partial charge is 0.490 e. The number of carboxylic acid groups (broad SMARTS) is 1. The number of carboxylic acids is 1. The number of alkyl halides is 3. The summed E-state index contributed by atoms with van der Waals surface area (Å²) in [5, 5.41) is 7.12. The van der Waals surface area contributed by atoms with Gasteiger partial charge in [-0.3, -0.25) is 4.90 Å². The van der Waals surface area contributed by atoms with Gasteiger partial charge in [0.15, 0.2) is 0 Å². The maximum absolute atomic E-state index is 12.9. The van der Waals surface area contributed by atoms with Gasteiger partial charge in [-0.05, 0) is 30.7 Å². The van der Waals surface area contributed by atoms with Gasteiger partial charge in [0.05, 0.1) is 18.1 Å². The molecule has 1 unspecified atom stereocenters. The summed E-state index contributed by atoms with van der Waals surface area (Å²) < 4.78 is 50.0. The number of aromatic nitrogens is 2. The Labute approximate surface area is 163 Å². The van der Waals surface area contributed by atoms with Gasteiger partial charge < -0.3 is 14.8 Å². The molecule has 3 rings (SSSR count). The number of amides is 1. The van der Waals surface area contributed by atoms with Gasteiger partial charge in [0.2, 0.25) is 0 Å². The molecule has 0 aliphatic carbocycles. The number of halogens is 4. The molecule has 0 bridgehead atoms. The lowest BCUT2D eigenvalue weighted by Crippen LogP contribution is -2.41. The van der Waals surface area contributed by atoms with Crippen molar-refractivity contribution in [3.63, 3.8) is 0 Å². The molecule has 1 amide bonds. The van der Waals surface area contributed by atoms with Crippen molar-refractivity contribution in [3.05, 3.63) is 47.8 Å². The van der Waals surface area contributed by atoms with E-state index in [0.29, 0.717) is 12.3 Å². The minimum Gasteiger partial charge on any atom is -0.475 e. The topological polar surface area (TPSA) is 95.5 Å². The molecule has 0 saturated carbocycles. The lowest BCUT2D eigenvalue weighted by molar-refractivity contribution is -0.192. The normalized spacial score (nSPS) is 15.8. The number of aliphatic carboxylic acids is 1. The summed E-state index contributed by atoms with van der Waals surface area (Å²) >= 11 is 0. The number of H-pyrrole nitrogens is 1. The third-order valence-electron chi connectivity index (χ3n) is 4.10. The first-order valence-corrected chi connectivity index (χ1v) is 8.69. The lowest BCUT2D eigenvalue weighted by atomic mass is 9.99. The third kappa shape index (κ3) is 5.93. The van der Waals surface area contributed by atoms with E-state index in [2.05, 4.69) is 16.9 Å². The molecule has 29 heavy (non-hydrogen) atoms. The number of hydrogen-bond acceptors (Lipinski definition) is 4. The van der Waals surface area contributed by atoms with E-state index in [0.717, 1.165) is 30.7 Å². The average Bonchev–Trinajstić information content (AvgIpc) is 3.13. The van der Waals surface area contributed by atoms with Gasteiger partial charge in [0, 0.05) is 18.7 Å². The Morgan fingerprint density at radius 3 is 2.48 bits per heavy atom. The van der Waals surface area contributed by atoms with Crippen LogP contribution in [0.25, 0.3) is 0 Å². The maximum Gasteiger partial charge on any atom is 0.490 e. The number of imidazole rings is 1. The summed E-state index contributed by atoms with van der Waals surface area (Å²) in [7, 11) is 0. The zero-order chi connectivity index (χ0) is 21.6. The van der Waals surface area contributed by atoms with Crippen LogP contribution in [-0.4, -0.2) is 44.8 Å². The number of aromatic amines is 1. The molecule has 0 fully saturated rings. The van der Waals surface area contributed by atoms with Gasteiger partial charge in [0.25, 0.3) is 0 Å². The fourth-order valence-corrected chi connectivity index (χ4v) is 2.80. The molecule has 2 heterocycles.